The molecule has 13 heteroatoms. The molecule has 1 unspecified atom stereocenters. The van der Waals surface area contributed by atoms with E-state index in [4.69, 9.17) is 14.2 Å². The standard InChI is InChI=1S/C22H34F3N5O4Si/c1-21(2,3)34-20(31)29-9-8-14(12-29)17-26-18-15(19(27-17)32-4)16(22(23,24)25)28-30(18)13-33-10-11-35(5,6)7/h14H,8-13H2,1-7H3. The van der Waals surface area contributed by atoms with E-state index in [9.17, 15) is 18.0 Å². The maximum atomic E-state index is 13.8. The first kappa shape index (κ1) is 27.2. The van der Waals surface area contributed by atoms with Gasteiger partial charge in [-0.3, -0.25) is 0 Å². The average molecular weight is 518 g/mol. The molecule has 1 saturated heterocycles. The van der Waals surface area contributed by atoms with Crippen molar-refractivity contribution in [3.8, 4) is 5.88 Å². The Bertz CT molecular complexity index is 1060. The Kier molecular flexibility index (Phi) is 7.70. The zero-order valence-corrected chi connectivity index (χ0v) is 22.3. The fourth-order valence-corrected chi connectivity index (χ4v) is 4.43. The number of hydrogen-bond donors (Lipinski definition) is 0. The number of rotatable bonds is 7. The minimum Gasteiger partial charge on any atom is -0.480 e. The SMILES string of the molecule is COc1nc(C2CCN(C(=O)OC(C)(C)C)C2)nc2c1c(C(F)(F)F)nn2COCC[Si](C)(C)C. The Hall–Kier alpha value is -2.41. The maximum Gasteiger partial charge on any atom is 0.436 e. The van der Waals surface area contributed by atoms with E-state index in [1.165, 1.54) is 7.11 Å². The highest BCUT2D eigenvalue weighted by Gasteiger charge is 2.40. The van der Waals surface area contributed by atoms with Crippen LogP contribution in [0.25, 0.3) is 11.0 Å². The molecule has 1 amide bonds. The number of amides is 1. The fourth-order valence-electron chi connectivity index (χ4n) is 3.67. The second-order valence-corrected chi connectivity index (χ2v) is 16.5. The zero-order valence-electron chi connectivity index (χ0n) is 21.3. The lowest BCUT2D eigenvalue weighted by Crippen LogP contribution is -2.35. The van der Waals surface area contributed by atoms with E-state index in [-0.39, 0.29) is 41.9 Å². The lowest BCUT2D eigenvalue weighted by atomic mass is 10.1. The molecular formula is C22H34F3N5O4Si. The van der Waals surface area contributed by atoms with Crippen molar-refractivity contribution in [2.24, 2.45) is 0 Å². The van der Waals surface area contributed by atoms with Gasteiger partial charge in [0.15, 0.2) is 11.3 Å². The van der Waals surface area contributed by atoms with Crippen LogP contribution in [0.3, 0.4) is 0 Å². The number of halogens is 3. The first-order valence-corrected chi connectivity index (χ1v) is 15.2. The number of ether oxygens (including phenoxy) is 3. The summed E-state index contributed by atoms with van der Waals surface area (Å²) in [7, 11) is -0.110. The predicted molar refractivity (Wildman–Crippen MR) is 126 cm³/mol. The quantitative estimate of drug-likeness (QED) is 0.381. The number of carbonyl (C=O) groups excluding carboxylic acids is 1. The molecule has 1 fully saturated rings. The van der Waals surface area contributed by atoms with E-state index < -0.39 is 31.6 Å². The van der Waals surface area contributed by atoms with Gasteiger partial charge in [-0.25, -0.2) is 14.5 Å². The summed E-state index contributed by atoms with van der Waals surface area (Å²) in [5.41, 5.74) is -1.77. The molecule has 0 radical (unpaired) electrons. The highest BCUT2D eigenvalue weighted by Crippen LogP contribution is 2.38. The van der Waals surface area contributed by atoms with Crippen LogP contribution in [-0.4, -0.2) is 71.2 Å². The molecular weight excluding hydrogens is 483 g/mol. The summed E-state index contributed by atoms with van der Waals surface area (Å²) in [6.07, 6.45) is -4.63. The molecule has 1 aliphatic rings. The molecule has 2 aromatic rings. The van der Waals surface area contributed by atoms with Crippen LogP contribution in [0.1, 0.15) is 44.6 Å². The zero-order chi connectivity index (χ0) is 26.2. The molecule has 0 aliphatic carbocycles. The summed E-state index contributed by atoms with van der Waals surface area (Å²) in [5.74, 6) is -0.204. The second-order valence-electron chi connectivity index (χ2n) is 10.9. The van der Waals surface area contributed by atoms with E-state index in [0.717, 1.165) is 10.7 Å². The summed E-state index contributed by atoms with van der Waals surface area (Å²) >= 11 is 0. The van der Waals surface area contributed by atoms with Crippen LogP contribution in [0.15, 0.2) is 0 Å². The summed E-state index contributed by atoms with van der Waals surface area (Å²) < 4.78 is 58.8. The first-order chi connectivity index (χ1) is 16.1. The molecule has 2 aromatic heterocycles. The fraction of sp³-hybridized carbons (Fsp3) is 0.727. The molecule has 1 aliphatic heterocycles. The van der Waals surface area contributed by atoms with Gasteiger partial charge in [0.1, 0.15) is 23.5 Å². The van der Waals surface area contributed by atoms with Crippen LogP contribution in [0.4, 0.5) is 18.0 Å². The number of carbonyl (C=O) groups is 1. The summed E-state index contributed by atoms with van der Waals surface area (Å²) in [6, 6.07) is 0.866. The highest BCUT2D eigenvalue weighted by atomic mass is 28.3. The van der Waals surface area contributed by atoms with Crippen molar-refractivity contribution in [3.05, 3.63) is 11.5 Å². The molecule has 35 heavy (non-hydrogen) atoms. The van der Waals surface area contributed by atoms with Crippen LogP contribution in [-0.2, 0) is 22.4 Å². The summed E-state index contributed by atoms with van der Waals surface area (Å²) in [6.45, 7) is 12.9. The van der Waals surface area contributed by atoms with Crippen molar-refractivity contribution < 1.29 is 32.2 Å². The number of aromatic nitrogens is 4. The van der Waals surface area contributed by atoms with Crippen LogP contribution >= 0.6 is 0 Å². The van der Waals surface area contributed by atoms with Crippen LogP contribution in [0.5, 0.6) is 5.88 Å². The van der Waals surface area contributed by atoms with Gasteiger partial charge in [0.2, 0.25) is 5.88 Å². The number of nitrogens with zero attached hydrogens (tertiary/aromatic N) is 5. The minimum atomic E-state index is -4.72. The molecule has 0 bridgehead atoms. The van der Waals surface area contributed by atoms with E-state index >= 15 is 0 Å². The predicted octanol–water partition coefficient (Wildman–Crippen LogP) is 4.89. The van der Waals surface area contributed by atoms with Crippen molar-refractivity contribution in [3.63, 3.8) is 0 Å². The number of likely N-dealkylation sites (tertiary alicyclic amines) is 1. The van der Waals surface area contributed by atoms with Gasteiger partial charge in [0, 0.05) is 33.7 Å². The van der Waals surface area contributed by atoms with Crippen molar-refractivity contribution in [2.75, 3.05) is 26.8 Å². The number of alkyl halides is 3. The topological polar surface area (TPSA) is 91.6 Å². The normalized spacial score (nSPS) is 17.3. The van der Waals surface area contributed by atoms with E-state index in [2.05, 4.69) is 34.7 Å². The molecule has 9 nitrogen and oxygen atoms in total. The van der Waals surface area contributed by atoms with Crippen molar-refractivity contribution in [2.45, 2.75) is 77.3 Å². The van der Waals surface area contributed by atoms with E-state index in [1.54, 1.807) is 25.7 Å². The highest BCUT2D eigenvalue weighted by molar-refractivity contribution is 6.76. The summed E-state index contributed by atoms with van der Waals surface area (Å²) in [5, 5.41) is 3.46. The third-order valence-electron chi connectivity index (χ3n) is 5.45. The van der Waals surface area contributed by atoms with E-state index in [0.29, 0.717) is 19.6 Å². The second kappa shape index (κ2) is 9.92. The number of fused-ring (bicyclic) bond motifs is 1. The molecule has 0 aromatic carbocycles. The number of methoxy groups -OCH3 is 1. The van der Waals surface area contributed by atoms with E-state index in [1.807, 2.05) is 0 Å². The minimum absolute atomic E-state index is 0.0112. The number of hydrogen-bond acceptors (Lipinski definition) is 7. The Balaban J connectivity index is 1.92. The van der Waals surface area contributed by atoms with Gasteiger partial charge >= 0.3 is 12.3 Å². The van der Waals surface area contributed by atoms with Gasteiger partial charge in [-0.05, 0) is 33.2 Å². The maximum absolute atomic E-state index is 13.8. The van der Waals surface area contributed by atoms with Gasteiger partial charge in [-0.2, -0.15) is 23.3 Å². The Morgan fingerprint density at radius 1 is 1.17 bits per heavy atom. The first-order valence-electron chi connectivity index (χ1n) is 11.5. The van der Waals surface area contributed by atoms with Crippen LogP contribution in [0, 0.1) is 0 Å². The average Bonchev–Trinajstić information content (AvgIpc) is 3.34. The molecule has 1 atom stereocenters. The van der Waals surface area contributed by atoms with Gasteiger partial charge in [0.25, 0.3) is 0 Å². The Morgan fingerprint density at radius 3 is 2.43 bits per heavy atom. The van der Waals surface area contributed by atoms with Crippen molar-refractivity contribution in [1.29, 1.82) is 0 Å². The van der Waals surface area contributed by atoms with Gasteiger partial charge in [0.05, 0.1) is 7.11 Å². The third-order valence-corrected chi connectivity index (χ3v) is 7.16. The Labute approximate surface area is 203 Å². The molecule has 3 rings (SSSR count). The lowest BCUT2D eigenvalue weighted by molar-refractivity contribution is -0.140. The largest absolute Gasteiger partial charge is 0.480 e. The molecule has 0 spiro atoms. The monoisotopic (exact) mass is 517 g/mol. The Morgan fingerprint density at radius 2 is 1.86 bits per heavy atom. The lowest BCUT2D eigenvalue weighted by Gasteiger charge is -2.24. The third kappa shape index (κ3) is 6.84. The van der Waals surface area contributed by atoms with Gasteiger partial charge in [-0.15, -0.1) is 0 Å². The van der Waals surface area contributed by atoms with Crippen LogP contribution < -0.4 is 4.74 Å². The smallest absolute Gasteiger partial charge is 0.436 e. The molecule has 196 valence electrons. The van der Waals surface area contributed by atoms with Crippen molar-refractivity contribution >= 4 is 25.2 Å². The summed E-state index contributed by atoms with van der Waals surface area (Å²) in [4.78, 5) is 22.7. The van der Waals surface area contributed by atoms with Crippen molar-refractivity contribution in [1.82, 2.24) is 24.6 Å². The van der Waals surface area contributed by atoms with Gasteiger partial charge < -0.3 is 19.1 Å². The molecule has 0 N–H and O–H groups in total. The van der Waals surface area contributed by atoms with Crippen LogP contribution in [0.2, 0.25) is 25.7 Å². The molecule has 3 heterocycles. The van der Waals surface area contributed by atoms with Gasteiger partial charge in [-0.1, -0.05) is 19.6 Å². The molecule has 0 saturated carbocycles.